The Morgan fingerprint density at radius 2 is 0.964 bits per heavy atom. The molecule has 55 heavy (non-hydrogen) atoms. The van der Waals surface area contributed by atoms with Gasteiger partial charge in [0.15, 0.2) is 5.82 Å². The molecule has 0 aliphatic carbocycles. The highest BCUT2D eigenvalue weighted by atomic mass is 15.0. The smallest absolute Gasteiger partial charge is 0.160 e. The molecule has 0 saturated heterocycles. The number of nitriles is 1. The van der Waals surface area contributed by atoms with E-state index in [0.29, 0.717) is 11.4 Å². The number of hydrogen-bond donors (Lipinski definition) is 0. The predicted octanol–water partition coefficient (Wildman–Crippen LogP) is 12.9. The van der Waals surface area contributed by atoms with Gasteiger partial charge in [-0.2, -0.15) is 5.26 Å². The summed E-state index contributed by atoms with van der Waals surface area (Å²) in [6.07, 6.45) is 0. The second-order valence-electron chi connectivity index (χ2n) is 13.8. The molecule has 0 unspecified atom stereocenters. The molecule has 0 saturated carbocycles. The fourth-order valence-electron chi connectivity index (χ4n) is 7.66. The number of nitrogens with zero attached hydrogens (tertiary/aromatic N) is 4. The summed E-state index contributed by atoms with van der Waals surface area (Å²) in [5, 5.41) is 14.4. The molecule has 4 heteroatoms. The first kappa shape index (κ1) is 32.1. The van der Waals surface area contributed by atoms with E-state index >= 15 is 0 Å². The van der Waals surface area contributed by atoms with Crippen molar-refractivity contribution in [1.82, 2.24) is 14.5 Å². The van der Waals surface area contributed by atoms with Crippen molar-refractivity contribution in [3.8, 4) is 67.9 Å². The molecule has 0 radical (unpaired) electrons. The maximum absolute atomic E-state index is 9.59. The number of fused-ring (bicyclic) bond motifs is 4. The SMILES string of the molecule is N#Cc1ccc(-c2cc(-c3nc(-c4ccccc4)cc(-c4ccccc4)n3)cc(-n3c4ccccc4c4ccc(-c5ccc6ccccc6c5)cc43)c2)cc1. The first-order valence-electron chi connectivity index (χ1n) is 18.4. The lowest BCUT2D eigenvalue weighted by atomic mass is 9.99. The van der Waals surface area contributed by atoms with Crippen LogP contribution in [-0.2, 0) is 0 Å². The van der Waals surface area contributed by atoms with Gasteiger partial charge >= 0.3 is 0 Å². The van der Waals surface area contributed by atoms with Crippen molar-refractivity contribution >= 4 is 32.6 Å². The molecular formula is C51H32N4. The third-order valence-electron chi connectivity index (χ3n) is 10.4. The van der Waals surface area contributed by atoms with Gasteiger partial charge in [-0.1, -0.05) is 140 Å². The summed E-state index contributed by atoms with van der Waals surface area (Å²) in [7, 11) is 0. The summed E-state index contributed by atoms with van der Waals surface area (Å²) < 4.78 is 2.37. The van der Waals surface area contributed by atoms with E-state index < -0.39 is 0 Å². The van der Waals surface area contributed by atoms with Crippen molar-refractivity contribution in [3.05, 3.63) is 200 Å². The summed E-state index contributed by atoms with van der Waals surface area (Å²) in [6.45, 7) is 0. The summed E-state index contributed by atoms with van der Waals surface area (Å²) in [5.41, 5.74) is 12.8. The number of aromatic nitrogens is 3. The van der Waals surface area contributed by atoms with Crippen LogP contribution in [0.2, 0.25) is 0 Å². The van der Waals surface area contributed by atoms with Crippen LogP contribution < -0.4 is 0 Å². The van der Waals surface area contributed by atoms with E-state index in [4.69, 9.17) is 9.97 Å². The number of hydrogen-bond acceptors (Lipinski definition) is 3. The first-order chi connectivity index (χ1) is 27.2. The minimum absolute atomic E-state index is 0.621. The molecule has 8 aromatic carbocycles. The lowest BCUT2D eigenvalue weighted by Gasteiger charge is -2.15. The normalized spacial score (nSPS) is 11.3. The van der Waals surface area contributed by atoms with Crippen molar-refractivity contribution in [2.24, 2.45) is 0 Å². The predicted molar refractivity (Wildman–Crippen MR) is 226 cm³/mol. The lowest BCUT2D eigenvalue weighted by Crippen LogP contribution is -1.99. The highest BCUT2D eigenvalue weighted by molar-refractivity contribution is 6.10. The molecule has 2 heterocycles. The van der Waals surface area contributed by atoms with Crippen molar-refractivity contribution in [3.63, 3.8) is 0 Å². The van der Waals surface area contributed by atoms with Gasteiger partial charge < -0.3 is 4.57 Å². The van der Waals surface area contributed by atoms with E-state index in [9.17, 15) is 5.26 Å². The van der Waals surface area contributed by atoms with Crippen molar-refractivity contribution in [2.75, 3.05) is 0 Å². The van der Waals surface area contributed by atoms with Crippen LogP contribution in [0, 0.1) is 11.3 Å². The van der Waals surface area contributed by atoms with Crippen LogP contribution in [0.1, 0.15) is 5.56 Å². The number of benzene rings is 8. The Morgan fingerprint density at radius 1 is 0.382 bits per heavy atom. The fourth-order valence-corrected chi connectivity index (χ4v) is 7.66. The minimum Gasteiger partial charge on any atom is -0.309 e. The standard InChI is InChI=1S/C51H32N4/c52-33-34-19-21-36(22-20-34)42-28-43(51-53-47(37-12-3-1-4-13-37)32-48(54-51)38-14-5-2-6-15-38)30-44(29-42)55-49-18-10-9-17-45(49)46-26-25-41(31-50(46)55)40-24-23-35-11-7-8-16-39(35)27-40/h1-32H. The summed E-state index contributed by atoms with van der Waals surface area (Å²) in [4.78, 5) is 10.4. The zero-order valence-corrected chi connectivity index (χ0v) is 29.8. The van der Waals surface area contributed by atoms with Crippen LogP contribution in [-0.4, -0.2) is 14.5 Å². The molecule has 0 N–H and O–H groups in total. The Balaban J connectivity index is 1.23. The van der Waals surface area contributed by atoms with Gasteiger partial charge in [0.05, 0.1) is 34.1 Å². The van der Waals surface area contributed by atoms with Crippen LogP contribution in [0.4, 0.5) is 0 Å². The molecule has 256 valence electrons. The average molecular weight is 701 g/mol. The molecule has 0 fully saturated rings. The molecule has 4 nitrogen and oxygen atoms in total. The fraction of sp³-hybridized carbons (Fsp3) is 0. The van der Waals surface area contributed by atoms with E-state index in [2.05, 4.69) is 144 Å². The average Bonchev–Trinajstić information content (AvgIpc) is 3.60. The highest BCUT2D eigenvalue weighted by Gasteiger charge is 2.18. The van der Waals surface area contributed by atoms with Gasteiger partial charge in [-0.25, -0.2) is 9.97 Å². The van der Waals surface area contributed by atoms with Crippen LogP contribution in [0.15, 0.2) is 194 Å². The summed E-state index contributed by atoms with van der Waals surface area (Å²) >= 11 is 0. The molecule has 10 rings (SSSR count). The van der Waals surface area contributed by atoms with Crippen LogP contribution in [0.25, 0.3) is 94.4 Å². The largest absolute Gasteiger partial charge is 0.309 e. The second kappa shape index (κ2) is 13.4. The molecule has 0 atom stereocenters. The maximum atomic E-state index is 9.59. The monoisotopic (exact) mass is 700 g/mol. The Kier molecular flexibility index (Phi) is 7.83. The Hall–Kier alpha value is -7.61. The maximum Gasteiger partial charge on any atom is 0.160 e. The third kappa shape index (κ3) is 5.91. The number of rotatable bonds is 6. The van der Waals surface area contributed by atoms with Gasteiger partial charge in [0.2, 0.25) is 0 Å². The lowest BCUT2D eigenvalue weighted by molar-refractivity contribution is 1.16. The van der Waals surface area contributed by atoms with Gasteiger partial charge in [-0.3, -0.25) is 0 Å². The first-order valence-corrected chi connectivity index (χ1v) is 18.4. The Bertz CT molecular complexity index is 3020. The van der Waals surface area contributed by atoms with E-state index in [1.807, 2.05) is 60.7 Å². The molecule has 0 aliphatic heterocycles. The summed E-state index contributed by atoms with van der Waals surface area (Å²) in [6, 6.07) is 69.9. The molecule has 0 bridgehead atoms. The van der Waals surface area contributed by atoms with Crippen molar-refractivity contribution in [1.29, 1.82) is 5.26 Å². The molecule has 0 amide bonds. The third-order valence-corrected chi connectivity index (χ3v) is 10.4. The van der Waals surface area contributed by atoms with E-state index in [-0.39, 0.29) is 0 Å². The molecule has 2 aromatic heterocycles. The Labute approximate surface area is 318 Å². The zero-order chi connectivity index (χ0) is 36.7. The molecule has 0 spiro atoms. The van der Waals surface area contributed by atoms with Crippen molar-refractivity contribution in [2.45, 2.75) is 0 Å². The quantitative estimate of drug-likeness (QED) is 0.173. The second-order valence-corrected chi connectivity index (χ2v) is 13.8. The van der Waals surface area contributed by atoms with Crippen LogP contribution in [0.5, 0.6) is 0 Å². The molecule has 0 aliphatic rings. The highest BCUT2D eigenvalue weighted by Crippen LogP contribution is 2.38. The summed E-state index contributed by atoms with van der Waals surface area (Å²) in [5.74, 6) is 0.634. The van der Waals surface area contributed by atoms with E-state index in [0.717, 1.165) is 61.5 Å². The molecule has 10 aromatic rings. The zero-order valence-electron chi connectivity index (χ0n) is 29.8. The van der Waals surface area contributed by atoms with Crippen LogP contribution in [0.3, 0.4) is 0 Å². The number of para-hydroxylation sites is 1. The van der Waals surface area contributed by atoms with E-state index in [1.54, 1.807) is 0 Å². The minimum atomic E-state index is 0.621. The van der Waals surface area contributed by atoms with Gasteiger partial charge in [-0.15, -0.1) is 0 Å². The van der Waals surface area contributed by atoms with Crippen LogP contribution >= 0.6 is 0 Å². The topological polar surface area (TPSA) is 54.5 Å². The van der Waals surface area contributed by atoms with Gasteiger partial charge in [0.1, 0.15) is 0 Å². The molecular weight excluding hydrogens is 669 g/mol. The van der Waals surface area contributed by atoms with Gasteiger partial charge in [-0.05, 0) is 87.6 Å². The Morgan fingerprint density at radius 3 is 1.69 bits per heavy atom. The van der Waals surface area contributed by atoms with Gasteiger partial charge in [0, 0.05) is 33.2 Å². The van der Waals surface area contributed by atoms with Crippen molar-refractivity contribution < 1.29 is 0 Å². The van der Waals surface area contributed by atoms with E-state index in [1.165, 1.54) is 27.1 Å². The van der Waals surface area contributed by atoms with Gasteiger partial charge in [0.25, 0.3) is 0 Å².